The predicted octanol–water partition coefficient (Wildman–Crippen LogP) is 1.51. The molecule has 3 heterocycles. The van der Waals surface area contributed by atoms with Crippen molar-refractivity contribution in [3.8, 4) is 0 Å². The number of carboxylic acids is 1. The zero-order valence-corrected chi connectivity index (χ0v) is 13.4. The van der Waals surface area contributed by atoms with Crippen LogP contribution >= 0.6 is 23.5 Å². The van der Waals surface area contributed by atoms with Crippen molar-refractivity contribution in [3.05, 3.63) is 11.9 Å². The molecular formula is C13H19N3O3S2. The number of ether oxygens (including phenoxy) is 1. The standard InChI is InChI=1S/C13H19N3O3S2/c17-12(18)13(2-4-19-9-13)7-10-8-16(15-14-10)3-1-11-20-5-6-21-11/h8,11H,1-7,9H2,(H,17,18). The number of aliphatic carboxylic acids is 1. The van der Waals surface area contributed by atoms with Crippen LogP contribution in [0.5, 0.6) is 0 Å². The summed E-state index contributed by atoms with van der Waals surface area (Å²) in [7, 11) is 0. The van der Waals surface area contributed by atoms with Crippen molar-refractivity contribution in [2.75, 3.05) is 24.7 Å². The van der Waals surface area contributed by atoms with Gasteiger partial charge in [-0.05, 0) is 12.8 Å². The van der Waals surface area contributed by atoms with Gasteiger partial charge in [-0.2, -0.15) is 0 Å². The Morgan fingerprint density at radius 3 is 3.00 bits per heavy atom. The molecule has 1 atom stereocenters. The zero-order chi connectivity index (χ0) is 14.7. The highest BCUT2D eigenvalue weighted by Gasteiger charge is 2.43. The van der Waals surface area contributed by atoms with Crippen molar-refractivity contribution in [1.82, 2.24) is 15.0 Å². The van der Waals surface area contributed by atoms with Gasteiger partial charge in [0.1, 0.15) is 0 Å². The quantitative estimate of drug-likeness (QED) is 0.847. The van der Waals surface area contributed by atoms with E-state index in [2.05, 4.69) is 10.3 Å². The molecule has 0 amide bonds. The van der Waals surface area contributed by atoms with Gasteiger partial charge in [0.2, 0.25) is 0 Å². The first-order valence-electron chi connectivity index (χ1n) is 7.11. The van der Waals surface area contributed by atoms with Crippen LogP contribution in [-0.2, 0) is 22.5 Å². The maximum atomic E-state index is 11.5. The molecule has 0 radical (unpaired) electrons. The van der Waals surface area contributed by atoms with Gasteiger partial charge < -0.3 is 9.84 Å². The maximum Gasteiger partial charge on any atom is 0.312 e. The van der Waals surface area contributed by atoms with Crippen LogP contribution in [0.15, 0.2) is 6.20 Å². The molecule has 1 aromatic heterocycles. The lowest BCUT2D eigenvalue weighted by Crippen LogP contribution is -2.34. The summed E-state index contributed by atoms with van der Waals surface area (Å²) in [4.78, 5) is 11.5. The van der Waals surface area contributed by atoms with Crippen LogP contribution in [0, 0.1) is 5.41 Å². The van der Waals surface area contributed by atoms with Crippen LogP contribution < -0.4 is 0 Å². The minimum absolute atomic E-state index is 0.268. The fourth-order valence-electron chi connectivity index (χ4n) is 2.68. The number of hydrogen-bond donors (Lipinski definition) is 1. The Labute approximate surface area is 132 Å². The van der Waals surface area contributed by atoms with E-state index in [0.717, 1.165) is 18.7 Å². The summed E-state index contributed by atoms with van der Waals surface area (Å²) < 4.78 is 7.77. The molecule has 3 rings (SSSR count). The second-order valence-corrected chi connectivity index (χ2v) is 8.42. The van der Waals surface area contributed by atoms with Crippen molar-refractivity contribution < 1.29 is 14.6 Å². The number of thioether (sulfide) groups is 2. The Bertz CT molecular complexity index is 497. The van der Waals surface area contributed by atoms with Crippen molar-refractivity contribution in [2.45, 2.75) is 30.4 Å². The predicted molar refractivity (Wildman–Crippen MR) is 82.6 cm³/mol. The molecule has 0 spiro atoms. The van der Waals surface area contributed by atoms with Gasteiger partial charge in [-0.3, -0.25) is 9.48 Å². The van der Waals surface area contributed by atoms with Crippen LogP contribution in [0.1, 0.15) is 18.5 Å². The first-order valence-corrected chi connectivity index (χ1v) is 9.21. The molecule has 1 aromatic rings. The Balaban J connectivity index is 1.57. The highest BCUT2D eigenvalue weighted by molar-refractivity contribution is 8.20. The van der Waals surface area contributed by atoms with Crippen molar-refractivity contribution in [3.63, 3.8) is 0 Å². The van der Waals surface area contributed by atoms with Gasteiger partial charge in [0, 0.05) is 37.3 Å². The van der Waals surface area contributed by atoms with E-state index in [9.17, 15) is 9.90 Å². The molecule has 1 N–H and O–H groups in total. The van der Waals surface area contributed by atoms with E-state index in [1.165, 1.54) is 11.5 Å². The van der Waals surface area contributed by atoms with Gasteiger partial charge in [0.25, 0.3) is 0 Å². The molecule has 8 heteroatoms. The SMILES string of the molecule is O=C(O)C1(Cc2cn(CCC3SCCS3)nn2)CCOC1. The summed E-state index contributed by atoms with van der Waals surface area (Å²) in [5, 5.41) is 17.7. The van der Waals surface area contributed by atoms with Gasteiger partial charge in [0.15, 0.2) is 0 Å². The summed E-state index contributed by atoms with van der Waals surface area (Å²) in [6.45, 7) is 1.62. The average Bonchev–Trinajstić information content (AvgIpc) is 3.19. The van der Waals surface area contributed by atoms with Crippen LogP contribution in [0.3, 0.4) is 0 Å². The lowest BCUT2D eigenvalue weighted by Gasteiger charge is -2.20. The van der Waals surface area contributed by atoms with Gasteiger partial charge in [-0.25, -0.2) is 0 Å². The Morgan fingerprint density at radius 2 is 2.33 bits per heavy atom. The lowest BCUT2D eigenvalue weighted by molar-refractivity contribution is -0.148. The number of carboxylic acid groups (broad SMARTS) is 1. The van der Waals surface area contributed by atoms with E-state index in [4.69, 9.17) is 4.74 Å². The maximum absolute atomic E-state index is 11.5. The normalized spacial score (nSPS) is 26.5. The number of aromatic nitrogens is 3. The molecule has 0 saturated carbocycles. The molecule has 6 nitrogen and oxygen atoms in total. The summed E-state index contributed by atoms with van der Waals surface area (Å²) in [6.07, 6.45) is 3.90. The van der Waals surface area contributed by atoms with E-state index in [-0.39, 0.29) is 6.61 Å². The molecule has 116 valence electrons. The summed E-state index contributed by atoms with van der Waals surface area (Å²) in [5.41, 5.74) is -0.0764. The average molecular weight is 329 g/mol. The number of aryl methyl sites for hydroxylation is 1. The Morgan fingerprint density at radius 1 is 1.52 bits per heavy atom. The van der Waals surface area contributed by atoms with E-state index in [0.29, 0.717) is 24.0 Å². The van der Waals surface area contributed by atoms with Gasteiger partial charge >= 0.3 is 5.97 Å². The first kappa shape index (κ1) is 15.2. The molecular weight excluding hydrogens is 310 g/mol. The zero-order valence-electron chi connectivity index (χ0n) is 11.7. The fourth-order valence-corrected chi connectivity index (χ4v) is 5.48. The second kappa shape index (κ2) is 6.58. The van der Waals surface area contributed by atoms with E-state index in [1.807, 2.05) is 34.4 Å². The third-order valence-corrected chi connectivity index (χ3v) is 7.12. The highest BCUT2D eigenvalue weighted by Crippen LogP contribution is 2.35. The molecule has 0 aliphatic carbocycles. The molecule has 1 unspecified atom stereocenters. The molecule has 2 saturated heterocycles. The van der Waals surface area contributed by atoms with Gasteiger partial charge in [-0.15, -0.1) is 28.6 Å². The lowest BCUT2D eigenvalue weighted by atomic mass is 9.83. The third-order valence-electron chi connectivity index (χ3n) is 3.95. The molecule has 2 fully saturated rings. The van der Waals surface area contributed by atoms with E-state index in [1.54, 1.807) is 0 Å². The van der Waals surface area contributed by atoms with Crippen molar-refractivity contribution in [2.24, 2.45) is 5.41 Å². The Hall–Kier alpha value is -0.730. The first-order chi connectivity index (χ1) is 10.2. The third kappa shape index (κ3) is 3.54. The summed E-state index contributed by atoms with van der Waals surface area (Å²) in [5.74, 6) is 1.67. The molecule has 2 aliphatic rings. The second-order valence-electron chi connectivity index (χ2n) is 5.50. The Kier molecular flexibility index (Phi) is 4.75. The summed E-state index contributed by atoms with van der Waals surface area (Å²) in [6, 6.07) is 0. The van der Waals surface area contributed by atoms with Crippen molar-refractivity contribution in [1.29, 1.82) is 0 Å². The molecule has 21 heavy (non-hydrogen) atoms. The minimum Gasteiger partial charge on any atom is -0.481 e. The largest absolute Gasteiger partial charge is 0.481 e. The van der Waals surface area contributed by atoms with Crippen molar-refractivity contribution >= 4 is 29.5 Å². The molecule has 0 aromatic carbocycles. The topological polar surface area (TPSA) is 77.2 Å². The minimum atomic E-state index is -0.821. The molecule has 0 bridgehead atoms. The fraction of sp³-hybridized carbons (Fsp3) is 0.769. The number of carbonyl (C=O) groups is 1. The molecule has 2 aliphatic heterocycles. The van der Waals surface area contributed by atoms with E-state index >= 15 is 0 Å². The number of rotatable bonds is 6. The van der Waals surface area contributed by atoms with Crippen LogP contribution in [0.25, 0.3) is 0 Å². The highest BCUT2D eigenvalue weighted by atomic mass is 32.2. The van der Waals surface area contributed by atoms with Crippen LogP contribution in [-0.4, -0.2) is 55.4 Å². The van der Waals surface area contributed by atoms with Crippen LogP contribution in [0.4, 0.5) is 0 Å². The van der Waals surface area contributed by atoms with E-state index < -0.39 is 11.4 Å². The summed E-state index contributed by atoms with van der Waals surface area (Å²) >= 11 is 4.01. The van der Waals surface area contributed by atoms with Crippen LogP contribution in [0.2, 0.25) is 0 Å². The number of hydrogen-bond acceptors (Lipinski definition) is 6. The smallest absolute Gasteiger partial charge is 0.312 e. The van der Waals surface area contributed by atoms with Gasteiger partial charge in [0.05, 0.1) is 22.3 Å². The monoisotopic (exact) mass is 329 g/mol. The van der Waals surface area contributed by atoms with Gasteiger partial charge in [-0.1, -0.05) is 5.21 Å². The number of nitrogens with zero attached hydrogens (tertiary/aromatic N) is 3.